The number of aromatic nitrogens is 2. The molecule has 0 aliphatic heterocycles. The summed E-state index contributed by atoms with van der Waals surface area (Å²) in [6.45, 7) is 4.44. The number of nitrogens with zero attached hydrogens (tertiary/aromatic N) is 2. The van der Waals surface area contributed by atoms with Crippen molar-refractivity contribution in [1.29, 1.82) is 0 Å². The van der Waals surface area contributed by atoms with Crippen LogP contribution in [-0.4, -0.2) is 15.9 Å². The van der Waals surface area contributed by atoms with Crippen LogP contribution < -0.4 is 10.6 Å². The minimum atomic E-state index is -0.258. The van der Waals surface area contributed by atoms with Crippen LogP contribution in [0.4, 0.5) is 11.5 Å². The molecule has 0 unspecified atom stereocenters. The van der Waals surface area contributed by atoms with Gasteiger partial charge in [0.1, 0.15) is 11.5 Å². The third-order valence-electron chi connectivity index (χ3n) is 4.05. The summed E-state index contributed by atoms with van der Waals surface area (Å²) in [5.41, 5.74) is 4.37. The van der Waals surface area contributed by atoms with Crippen LogP contribution in [0.3, 0.4) is 0 Å². The third kappa shape index (κ3) is 4.37. The monoisotopic (exact) mass is 366 g/mol. The Bertz CT molecular complexity index is 925. The topological polar surface area (TPSA) is 66.9 Å². The number of anilines is 2. The summed E-state index contributed by atoms with van der Waals surface area (Å²) in [5, 5.41) is 6.65. The molecular weight excluding hydrogens is 348 g/mol. The van der Waals surface area contributed by atoms with Crippen LogP contribution >= 0.6 is 11.6 Å². The minimum Gasteiger partial charge on any atom is -0.347 e. The first kappa shape index (κ1) is 17.9. The van der Waals surface area contributed by atoms with Crippen LogP contribution in [0.2, 0.25) is 5.02 Å². The average Bonchev–Trinajstić information content (AvgIpc) is 2.64. The van der Waals surface area contributed by atoms with Crippen molar-refractivity contribution in [3.05, 3.63) is 82.3 Å². The van der Waals surface area contributed by atoms with Gasteiger partial charge in [0.05, 0.1) is 12.4 Å². The van der Waals surface area contributed by atoms with Crippen LogP contribution in [0.15, 0.2) is 54.9 Å². The van der Waals surface area contributed by atoms with Crippen molar-refractivity contribution in [2.24, 2.45) is 0 Å². The van der Waals surface area contributed by atoms with Gasteiger partial charge in [-0.25, -0.2) is 9.97 Å². The van der Waals surface area contributed by atoms with Gasteiger partial charge in [-0.15, -0.1) is 0 Å². The summed E-state index contributed by atoms with van der Waals surface area (Å²) in [5.74, 6) is 0.289. The lowest BCUT2D eigenvalue weighted by molar-refractivity contribution is 0.0945. The number of rotatable bonds is 5. The quantitative estimate of drug-likeness (QED) is 0.701. The molecule has 0 bridgehead atoms. The Morgan fingerprint density at radius 3 is 2.58 bits per heavy atom. The van der Waals surface area contributed by atoms with E-state index in [0.29, 0.717) is 17.4 Å². The molecule has 1 amide bonds. The van der Waals surface area contributed by atoms with E-state index in [2.05, 4.69) is 20.6 Å². The first-order valence-corrected chi connectivity index (χ1v) is 8.58. The maximum atomic E-state index is 12.2. The molecule has 0 fully saturated rings. The Kier molecular flexibility index (Phi) is 5.49. The number of carbonyl (C=O) groups excluding carboxylic acids is 1. The molecule has 0 spiro atoms. The highest BCUT2D eigenvalue weighted by atomic mass is 35.5. The van der Waals surface area contributed by atoms with Gasteiger partial charge in [0.15, 0.2) is 0 Å². The normalized spacial score (nSPS) is 10.4. The molecule has 6 heteroatoms. The van der Waals surface area contributed by atoms with E-state index in [1.54, 1.807) is 0 Å². The summed E-state index contributed by atoms with van der Waals surface area (Å²) >= 11 is 6.02. The molecule has 1 aromatic heterocycles. The number of amides is 1. The molecule has 2 aromatic carbocycles. The number of halogens is 1. The Morgan fingerprint density at radius 2 is 1.85 bits per heavy atom. The van der Waals surface area contributed by atoms with Crippen molar-refractivity contribution >= 4 is 29.0 Å². The zero-order valence-corrected chi connectivity index (χ0v) is 15.3. The predicted molar refractivity (Wildman–Crippen MR) is 104 cm³/mol. The van der Waals surface area contributed by atoms with Crippen LogP contribution in [0.5, 0.6) is 0 Å². The Hall–Kier alpha value is -2.92. The molecule has 0 aliphatic rings. The number of carbonyl (C=O) groups is 1. The predicted octanol–water partition coefficient (Wildman–Crippen LogP) is 4.42. The van der Waals surface area contributed by atoms with Crippen molar-refractivity contribution in [1.82, 2.24) is 15.3 Å². The molecule has 0 saturated heterocycles. The lowest BCUT2D eigenvalue weighted by atomic mass is 10.1. The lowest BCUT2D eigenvalue weighted by Gasteiger charge is -2.10. The highest BCUT2D eigenvalue weighted by Crippen LogP contribution is 2.22. The van der Waals surface area contributed by atoms with Crippen LogP contribution in [0, 0.1) is 13.8 Å². The van der Waals surface area contributed by atoms with Gasteiger partial charge in [-0.2, -0.15) is 0 Å². The van der Waals surface area contributed by atoms with E-state index in [9.17, 15) is 4.79 Å². The van der Waals surface area contributed by atoms with Gasteiger partial charge in [0, 0.05) is 17.3 Å². The van der Waals surface area contributed by atoms with Crippen molar-refractivity contribution < 1.29 is 4.79 Å². The molecule has 1 heterocycles. The summed E-state index contributed by atoms with van der Waals surface area (Å²) < 4.78 is 0. The first-order valence-electron chi connectivity index (χ1n) is 8.21. The fourth-order valence-electron chi connectivity index (χ4n) is 2.45. The number of aryl methyl sites for hydroxylation is 2. The van der Waals surface area contributed by atoms with Crippen molar-refractivity contribution in [3.63, 3.8) is 0 Å². The zero-order valence-electron chi connectivity index (χ0n) is 14.6. The average molecular weight is 367 g/mol. The number of nitrogens with one attached hydrogen (secondary N) is 2. The molecule has 0 radical (unpaired) electrons. The highest BCUT2D eigenvalue weighted by Gasteiger charge is 2.09. The van der Waals surface area contributed by atoms with E-state index in [4.69, 9.17) is 11.6 Å². The second-order valence-corrected chi connectivity index (χ2v) is 6.42. The fourth-order valence-corrected chi connectivity index (χ4v) is 2.62. The fraction of sp³-hybridized carbons (Fsp3) is 0.150. The number of benzene rings is 2. The second kappa shape index (κ2) is 7.97. The molecule has 3 rings (SSSR count). The Labute approximate surface area is 157 Å². The van der Waals surface area contributed by atoms with Crippen LogP contribution in [-0.2, 0) is 6.54 Å². The smallest absolute Gasteiger partial charge is 0.271 e. The molecule has 3 aromatic rings. The van der Waals surface area contributed by atoms with E-state index in [0.717, 1.165) is 22.4 Å². The number of hydrogen-bond acceptors (Lipinski definition) is 4. The van der Waals surface area contributed by atoms with E-state index in [-0.39, 0.29) is 11.6 Å². The third-order valence-corrected chi connectivity index (χ3v) is 4.28. The number of hydrogen-bond donors (Lipinski definition) is 2. The molecule has 26 heavy (non-hydrogen) atoms. The summed E-state index contributed by atoms with van der Waals surface area (Å²) in [6, 6.07) is 13.5. The molecule has 132 valence electrons. The van der Waals surface area contributed by atoms with Gasteiger partial charge in [0.2, 0.25) is 0 Å². The van der Waals surface area contributed by atoms with E-state index in [1.165, 1.54) is 12.4 Å². The van der Waals surface area contributed by atoms with Gasteiger partial charge in [-0.1, -0.05) is 41.9 Å². The summed E-state index contributed by atoms with van der Waals surface area (Å²) in [7, 11) is 0. The molecule has 5 nitrogen and oxygen atoms in total. The van der Waals surface area contributed by atoms with Gasteiger partial charge < -0.3 is 10.6 Å². The maximum absolute atomic E-state index is 12.2. The van der Waals surface area contributed by atoms with Crippen molar-refractivity contribution in [2.75, 3.05) is 5.32 Å². The van der Waals surface area contributed by atoms with E-state index in [1.807, 2.05) is 56.3 Å². The van der Waals surface area contributed by atoms with Crippen LogP contribution in [0.25, 0.3) is 0 Å². The van der Waals surface area contributed by atoms with Crippen LogP contribution in [0.1, 0.15) is 27.2 Å². The molecular formula is C20H19ClN4O. The standard InChI is InChI=1S/C20H19ClN4O/c1-13-5-3-4-6-15(13)10-24-20(26)18-11-23-19(12-22-18)25-17-9-16(21)8-7-14(17)2/h3-9,11-12H,10H2,1-2H3,(H,23,25)(H,24,26). The second-order valence-electron chi connectivity index (χ2n) is 5.98. The summed E-state index contributed by atoms with van der Waals surface area (Å²) in [6.07, 6.45) is 2.98. The summed E-state index contributed by atoms with van der Waals surface area (Å²) in [4.78, 5) is 20.7. The van der Waals surface area contributed by atoms with E-state index >= 15 is 0 Å². The minimum absolute atomic E-state index is 0.258. The SMILES string of the molecule is Cc1ccccc1CNC(=O)c1cnc(Nc2cc(Cl)ccc2C)cn1. The largest absolute Gasteiger partial charge is 0.347 e. The van der Waals surface area contributed by atoms with Gasteiger partial charge in [-0.05, 0) is 42.7 Å². The molecule has 0 atom stereocenters. The van der Waals surface area contributed by atoms with Crippen molar-refractivity contribution in [3.8, 4) is 0 Å². The Balaban J connectivity index is 1.64. The van der Waals surface area contributed by atoms with Gasteiger partial charge in [0.25, 0.3) is 5.91 Å². The lowest BCUT2D eigenvalue weighted by Crippen LogP contribution is -2.24. The van der Waals surface area contributed by atoms with E-state index < -0.39 is 0 Å². The maximum Gasteiger partial charge on any atom is 0.271 e. The molecule has 2 N–H and O–H groups in total. The molecule has 0 saturated carbocycles. The zero-order chi connectivity index (χ0) is 18.5. The Morgan fingerprint density at radius 1 is 1.04 bits per heavy atom. The van der Waals surface area contributed by atoms with Gasteiger partial charge >= 0.3 is 0 Å². The highest BCUT2D eigenvalue weighted by molar-refractivity contribution is 6.30. The molecule has 0 aliphatic carbocycles. The first-order chi connectivity index (χ1) is 12.5. The van der Waals surface area contributed by atoms with Crippen molar-refractivity contribution in [2.45, 2.75) is 20.4 Å². The van der Waals surface area contributed by atoms with Gasteiger partial charge in [-0.3, -0.25) is 4.79 Å².